The molecule has 0 amide bonds. The molecule has 0 fully saturated rings. The summed E-state index contributed by atoms with van der Waals surface area (Å²) in [6, 6.07) is 8.32. The van der Waals surface area contributed by atoms with E-state index in [4.69, 9.17) is 4.42 Å². The van der Waals surface area contributed by atoms with Gasteiger partial charge in [0.25, 0.3) is 0 Å². The third-order valence-corrected chi connectivity index (χ3v) is 3.63. The second kappa shape index (κ2) is 5.07. The van der Waals surface area contributed by atoms with Gasteiger partial charge in [-0.25, -0.2) is 8.78 Å². The smallest absolute Gasteiger partial charge is 0.228 e. The number of halogens is 3. The Bertz CT molecular complexity index is 868. The maximum atomic E-state index is 13.2. The van der Waals surface area contributed by atoms with Gasteiger partial charge in [-0.3, -0.25) is 4.79 Å². The van der Waals surface area contributed by atoms with Gasteiger partial charge in [-0.2, -0.15) is 0 Å². The normalized spacial score (nSPS) is 11.0. The maximum absolute atomic E-state index is 13.2. The Hall–Kier alpha value is -2.01. The van der Waals surface area contributed by atoms with Gasteiger partial charge in [0.15, 0.2) is 17.4 Å². The fourth-order valence-corrected chi connectivity index (χ4v) is 2.76. The lowest BCUT2D eigenvalue weighted by Gasteiger charge is -1.99. The van der Waals surface area contributed by atoms with E-state index in [1.807, 2.05) is 19.1 Å². The Morgan fingerprint density at radius 3 is 2.57 bits per heavy atom. The molecule has 3 aromatic rings. The summed E-state index contributed by atoms with van der Waals surface area (Å²) < 4.78 is 32.6. The lowest BCUT2D eigenvalue weighted by atomic mass is 10.1. The number of rotatable bonds is 2. The molecule has 106 valence electrons. The Kier molecular flexibility index (Phi) is 3.37. The van der Waals surface area contributed by atoms with Gasteiger partial charge in [0.2, 0.25) is 5.78 Å². The van der Waals surface area contributed by atoms with Crippen molar-refractivity contribution in [2.75, 3.05) is 0 Å². The topological polar surface area (TPSA) is 30.2 Å². The van der Waals surface area contributed by atoms with Crippen molar-refractivity contribution >= 4 is 32.7 Å². The van der Waals surface area contributed by atoms with Gasteiger partial charge in [-0.15, -0.1) is 0 Å². The zero-order valence-electron chi connectivity index (χ0n) is 10.9. The van der Waals surface area contributed by atoms with E-state index >= 15 is 0 Å². The van der Waals surface area contributed by atoms with Crippen LogP contribution >= 0.6 is 15.9 Å². The number of aryl methyl sites for hydroxylation is 1. The van der Waals surface area contributed by atoms with Crippen molar-refractivity contribution in [3.05, 3.63) is 69.4 Å². The predicted octanol–water partition coefficient (Wildman–Crippen LogP) is 5.01. The van der Waals surface area contributed by atoms with Crippen LogP contribution in [0.15, 0.2) is 45.3 Å². The molecule has 3 rings (SSSR count). The van der Waals surface area contributed by atoms with Crippen LogP contribution in [0.4, 0.5) is 8.78 Å². The Labute approximate surface area is 127 Å². The molecular formula is C16H9BrF2O2. The van der Waals surface area contributed by atoms with E-state index < -0.39 is 17.4 Å². The van der Waals surface area contributed by atoms with Crippen LogP contribution in [0.25, 0.3) is 11.0 Å². The summed E-state index contributed by atoms with van der Waals surface area (Å²) in [7, 11) is 0. The number of ketones is 1. The minimum Gasteiger partial charge on any atom is -0.452 e. The molecule has 0 aliphatic heterocycles. The van der Waals surface area contributed by atoms with Gasteiger partial charge in [0.05, 0.1) is 0 Å². The van der Waals surface area contributed by atoms with Crippen molar-refractivity contribution in [3.63, 3.8) is 0 Å². The average Bonchev–Trinajstić information content (AvgIpc) is 2.85. The number of furan rings is 1. The zero-order chi connectivity index (χ0) is 15.1. The van der Waals surface area contributed by atoms with Gasteiger partial charge < -0.3 is 4.42 Å². The first-order valence-electron chi connectivity index (χ1n) is 6.15. The van der Waals surface area contributed by atoms with Crippen LogP contribution in [0.3, 0.4) is 0 Å². The lowest BCUT2D eigenvalue weighted by Crippen LogP contribution is -2.01. The summed E-state index contributed by atoms with van der Waals surface area (Å²) in [4.78, 5) is 12.3. The fourth-order valence-electron chi connectivity index (χ4n) is 2.17. The van der Waals surface area contributed by atoms with E-state index in [0.717, 1.165) is 27.6 Å². The van der Waals surface area contributed by atoms with Crippen LogP contribution in [0, 0.1) is 18.6 Å². The largest absolute Gasteiger partial charge is 0.452 e. The summed E-state index contributed by atoms with van der Waals surface area (Å²) in [5.41, 5.74) is 1.53. The highest BCUT2D eigenvalue weighted by Crippen LogP contribution is 2.28. The molecule has 0 N–H and O–H groups in total. The van der Waals surface area contributed by atoms with E-state index in [9.17, 15) is 13.6 Å². The molecule has 1 heterocycles. The van der Waals surface area contributed by atoms with E-state index in [1.54, 1.807) is 6.07 Å². The van der Waals surface area contributed by atoms with Gasteiger partial charge in [0.1, 0.15) is 5.58 Å². The lowest BCUT2D eigenvalue weighted by molar-refractivity contribution is 0.101. The first kappa shape index (κ1) is 13.9. The van der Waals surface area contributed by atoms with Crippen molar-refractivity contribution in [2.45, 2.75) is 6.92 Å². The Morgan fingerprint density at radius 2 is 1.86 bits per heavy atom. The first-order chi connectivity index (χ1) is 9.95. The van der Waals surface area contributed by atoms with Crippen LogP contribution < -0.4 is 0 Å². The zero-order valence-corrected chi connectivity index (χ0v) is 12.5. The predicted molar refractivity (Wildman–Crippen MR) is 78.4 cm³/mol. The summed E-state index contributed by atoms with van der Waals surface area (Å²) in [5, 5.41) is 0.771. The van der Waals surface area contributed by atoms with Crippen molar-refractivity contribution in [1.82, 2.24) is 0 Å². The molecular weight excluding hydrogens is 342 g/mol. The van der Waals surface area contributed by atoms with E-state index in [2.05, 4.69) is 15.9 Å². The third kappa shape index (κ3) is 2.49. The average molecular weight is 351 g/mol. The van der Waals surface area contributed by atoms with E-state index in [1.165, 1.54) is 6.07 Å². The van der Waals surface area contributed by atoms with Crippen molar-refractivity contribution in [1.29, 1.82) is 0 Å². The first-order valence-corrected chi connectivity index (χ1v) is 6.94. The molecule has 0 atom stereocenters. The van der Waals surface area contributed by atoms with E-state index in [0.29, 0.717) is 5.58 Å². The molecule has 0 saturated heterocycles. The van der Waals surface area contributed by atoms with Gasteiger partial charge in [0, 0.05) is 15.4 Å². The number of hydrogen-bond acceptors (Lipinski definition) is 2. The second-order valence-electron chi connectivity index (χ2n) is 4.71. The maximum Gasteiger partial charge on any atom is 0.228 e. The minimum atomic E-state index is -1.06. The highest BCUT2D eigenvalue weighted by Gasteiger charge is 2.17. The molecule has 5 heteroatoms. The molecule has 0 saturated carbocycles. The molecule has 0 aliphatic carbocycles. The quantitative estimate of drug-likeness (QED) is 0.608. The van der Waals surface area contributed by atoms with Crippen LogP contribution in [0.5, 0.6) is 0 Å². The molecule has 0 spiro atoms. The minimum absolute atomic E-state index is 0.0460. The molecule has 0 unspecified atom stereocenters. The van der Waals surface area contributed by atoms with E-state index in [-0.39, 0.29) is 11.3 Å². The van der Waals surface area contributed by atoms with Gasteiger partial charge >= 0.3 is 0 Å². The summed E-state index contributed by atoms with van der Waals surface area (Å²) in [6.45, 7) is 1.86. The van der Waals surface area contributed by atoms with Crippen molar-refractivity contribution < 1.29 is 18.0 Å². The third-order valence-electron chi connectivity index (χ3n) is 3.17. The molecule has 0 radical (unpaired) electrons. The van der Waals surface area contributed by atoms with Crippen LogP contribution in [0.2, 0.25) is 0 Å². The Morgan fingerprint density at radius 1 is 1.10 bits per heavy atom. The van der Waals surface area contributed by atoms with Crippen molar-refractivity contribution in [3.8, 4) is 0 Å². The summed E-state index contributed by atoms with van der Waals surface area (Å²) in [6.07, 6.45) is 0. The number of carbonyl (C=O) groups excluding carboxylic acids is 1. The van der Waals surface area contributed by atoms with Crippen LogP contribution in [-0.4, -0.2) is 5.78 Å². The van der Waals surface area contributed by atoms with Gasteiger partial charge in [-0.1, -0.05) is 15.9 Å². The molecule has 21 heavy (non-hydrogen) atoms. The number of hydrogen-bond donors (Lipinski definition) is 0. The molecule has 2 aromatic carbocycles. The summed E-state index contributed by atoms with van der Waals surface area (Å²) >= 11 is 3.37. The van der Waals surface area contributed by atoms with Crippen LogP contribution in [-0.2, 0) is 0 Å². The number of fused-ring (bicyclic) bond motifs is 1. The molecule has 1 aromatic heterocycles. The fraction of sp³-hybridized carbons (Fsp3) is 0.0625. The second-order valence-corrected chi connectivity index (χ2v) is 5.63. The Balaban J connectivity index is 2.09. The monoisotopic (exact) mass is 350 g/mol. The summed E-state index contributed by atoms with van der Waals surface area (Å²) in [5.74, 6) is -2.44. The van der Waals surface area contributed by atoms with Crippen LogP contribution in [0.1, 0.15) is 21.7 Å². The standard InChI is InChI=1S/C16H9BrF2O2/c1-8-4-11(17)5-10-7-14(21-16(8)10)15(20)9-2-3-12(18)13(19)6-9/h2-7H,1H3. The molecule has 0 bridgehead atoms. The van der Waals surface area contributed by atoms with Crippen molar-refractivity contribution in [2.24, 2.45) is 0 Å². The molecule has 0 aliphatic rings. The number of benzene rings is 2. The molecule has 2 nitrogen and oxygen atoms in total. The highest BCUT2D eigenvalue weighted by molar-refractivity contribution is 9.10. The van der Waals surface area contributed by atoms with Gasteiger partial charge in [-0.05, 0) is 48.9 Å². The SMILES string of the molecule is Cc1cc(Br)cc2cc(C(=O)c3ccc(F)c(F)c3)oc12. The highest BCUT2D eigenvalue weighted by atomic mass is 79.9. The number of carbonyl (C=O) groups is 1.